The largest absolute Gasteiger partial charge is 0.391 e. The summed E-state index contributed by atoms with van der Waals surface area (Å²) in [6.07, 6.45) is -2.02. The summed E-state index contributed by atoms with van der Waals surface area (Å²) in [4.78, 5) is 4.54. The van der Waals surface area contributed by atoms with E-state index >= 15 is 0 Å². The first-order chi connectivity index (χ1) is 12.8. The molecule has 1 fully saturated rings. The summed E-state index contributed by atoms with van der Waals surface area (Å²) in [6, 6.07) is -0.0153. The van der Waals surface area contributed by atoms with E-state index in [2.05, 4.69) is 25.8 Å². The fourth-order valence-corrected chi connectivity index (χ4v) is 3.07. The number of aryl methyl sites for hydroxylation is 1. The molecule has 0 radical (unpaired) electrons. The minimum atomic E-state index is -4.09. The average Bonchev–Trinajstić information content (AvgIpc) is 2.94. The van der Waals surface area contributed by atoms with E-state index < -0.39 is 12.1 Å². The number of hydrogen-bond acceptors (Lipinski definition) is 4. The third kappa shape index (κ3) is 6.67. The number of aliphatic imine (C=N–C) groups is 1. The SMILES string of the molecule is COCCCNC(=NCc1nnc(C)n1C)NC1CCC(C(F)(F)F)CC1. The van der Waals surface area contributed by atoms with E-state index in [0.717, 1.165) is 18.1 Å². The summed E-state index contributed by atoms with van der Waals surface area (Å²) in [7, 11) is 3.51. The molecule has 1 heterocycles. The van der Waals surface area contributed by atoms with Crippen molar-refractivity contribution in [2.24, 2.45) is 18.0 Å². The maximum atomic E-state index is 12.8. The number of rotatable bonds is 7. The Morgan fingerprint density at radius 3 is 2.52 bits per heavy atom. The first-order valence-corrected chi connectivity index (χ1v) is 9.26. The van der Waals surface area contributed by atoms with Crippen molar-refractivity contribution in [1.82, 2.24) is 25.4 Å². The molecule has 7 nitrogen and oxygen atoms in total. The summed E-state index contributed by atoms with van der Waals surface area (Å²) < 4.78 is 45.4. The Balaban J connectivity index is 1.93. The van der Waals surface area contributed by atoms with Crippen molar-refractivity contribution in [3.05, 3.63) is 11.6 Å². The van der Waals surface area contributed by atoms with Crippen molar-refractivity contribution in [1.29, 1.82) is 0 Å². The molecule has 0 unspecified atom stereocenters. The second kappa shape index (κ2) is 9.91. The predicted octanol–water partition coefficient (Wildman–Crippen LogP) is 2.32. The van der Waals surface area contributed by atoms with Gasteiger partial charge in [-0.15, -0.1) is 10.2 Å². The first-order valence-electron chi connectivity index (χ1n) is 9.26. The Bertz CT molecular complexity index is 608. The van der Waals surface area contributed by atoms with Crippen LogP contribution in [0.3, 0.4) is 0 Å². The van der Waals surface area contributed by atoms with Crippen molar-refractivity contribution in [3.63, 3.8) is 0 Å². The molecule has 154 valence electrons. The zero-order chi connectivity index (χ0) is 19.9. The molecule has 0 spiro atoms. The fourth-order valence-electron chi connectivity index (χ4n) is 3.07. The molecule has 2 rings (SSSR count). The second-order valence-corrected chi connectivity index (χ2v) is 6.89. The van der Waals surface area contributed by atoms with Crippen molar-refractivity contribution in [3.8, 4) is 0 Å². The maximum absolute atomic E-state index is 12.8. The number of nitrogens with one attached hydrogen (secondary N) is 2. The van der Waals surface area contributed by atoms with Crippen LogP contribution in [0.1, 0.15) is 43.8 Å². The van der Waals surface area contributed by atoms with Gasteiger partial charge in [0.2, 0.25) is 0 Å². The predicted molar refractivity (Wildman–Crippen MR) is 96.3 cm³/mol. The Hall–Kier alpha value is -1.84. The summed E-state index contributed by atoms with van der Waals surface area (Å²) >= 11 is 0. The average molecular weight is 390 g/mol. The lowest BCUT2D eigenvalue weighted by molar-refractivity contribution is -0.182. The van der Waals surface area contributed by atoms with Crippen molar-refractivity contribution >= 4 is 5.96 Å². The lowest BCUT2D eigenvalue weighted by Gasteiger charge is -2.31. The molecule has 1 aromatic rings. The van der Waals surface area contributed by atoms with Gasteiger partial charge in [-0.2, -0.15) is 13.2 Å². The molecule has 1 saturated carbocycles. The highest BCUT2D eigenvalue weighted by molar-refractivity contribution is 5.80. The molecule has 27 heavy (non-hydrogen) atoms. The zero-order valence-electron chi connectivity index (χ0n) is 16.1. The van der Waals surface area contributed by atoms with Gasteiger partial charge < -0.3 is 19.9 Å². The van der Waals surface area contributed by atoms with Gasteiger partial charge in [0, 0.05) is 33.4 Å². The molecule has 1 aromatic heterocycles. The van der Waals surface area contributed by atoms with E-state index in [1.54, 1.807) is 7.11 Å². The number of nitrogens with zero attached hydrogens (tertiary/aromatic N) is 4. The van der Waals surface area contributed by atoms with E-state index in [1.165, 1.54) is 0 Å². The number of alkyl halides is 3. The molecule has 1 aliphatic carbocycles. The van der Waals surface area contributed by atoms with Crippen LogP contribution in [0.4, 0.5) is 13.2 Å². The van der Waals surface area contributed by atoms with E-state index in [4.69, 9.17) is 4.74 Å². The number of methoxy groups -OCH3 is 1. The fraction of sp³-hybridized carbons (Fsp3) is 0.824. The Kier molecular flexibility index (Phi) is 7.88. The van der Waals surface area contributed by atoms with E-state index in [9.17, 15) is 13.2 Å². The molecule has 1 aliphatic rings. The number of halogens is 3. The van der Waals surface area contributed by atoms with Crippen LogP contribution in [-0.2, 0) is 18.3 Å². The third-order valence-electron chi connectivity index (χ3n) is 4.91. The van der Waals surface area contributed by atoms with Crippen LogP contribution < -0.4 is 10.6 Å². The molecule has 10 heteroatoms. The monoisotopic (exact) mass is 390 g/mol. The minimum absolute atomic E-state index is 0.0153. The van der Waals surface area contributed by atoms with Gasteiger partial charge >= 0.3 is 6.18 Å². The lowest BCUT2D eigenvalue weighted by Crippen LogP contribution is -2.46. The number of guanidine groups is 1. The zero-order valence-corrected chi connectivity index (χ0v) is 16.1. The Morgan fingerprint density at radius 2 is 1.96 bits per heavy atom. The van der Waals surface area contributed by atoms with Gasteiger partial charge in [-0.3, -0.25) is 0 Å². The molecule has 2 N–H and O–H groups in total. The summed E-state index contributed by atoms with van der Waals surface area (Å²) in [5.41, 5.74) is 0. The lowest BCUT2D eigenvalue weighted by atomic mass is 9.85. The van der Waals surface area contributed by atoms with Crippen molar-refractivity contribution < 1.29 is 17.9 Å². The smallest absolute Gasteiger partial charge is 0.385 e. The highest BCUT2D eigenvalue weighted by atomic mass is 19.4. The summed E-state index contributed by atoms with van der Waals surface area (Å²) in [5.74, 6) is 0.925. The van der Waals surface area contributed by atoms with Gasteiger partial charge in [0.25, 0.3) is 0 Å². The topological polar surface area (TPSA) is 76.4 Å². The van der Waals surface area contributed by atoms with Crippen LogP contribution in [-0.4, -0.2) is 53.2 Å². The minimum Gasteiger partial charge on any atom is -0.385 e. The van der Waals surface area contributed by atoms with Crippen LogP contribution in [0.15, 0.2) is 4.99 Å². The Labute approximate surface area is 157 Å². The number of ether oxygens (including phenoxy) is 1. The molecule has 0 amide bonds. The van der Waals surface area contributed by atoms with Gasteiger partial charge in [-0.05, 0) is 39.0 Å². The molecule has 0 bridgehead atoms. The molecular formula is C17H29F3N6O. The second-order valence-electron chi connectivity index (χ2n) is 6.89. The Morgan fingerprint density at radius 1 is 1.26 bits per heavy atom. The quantitative estimate of drug-likeness (QED) is 0.425. The number of aromatic nitrogens is 3. The number of hydrogen-bond donors (Lipinski definition) is 2. The van der Waals surface area contributed by atoms with Crippen LogP contribution >= 0.6 is 0 Å². The molecule has 0 aromatic carbocycles. The van der Waals surface area contributed by atoms with Gasteiger partial charge in [-0.25, -0.2) is 4.99 Å². The third-order valence-corrected chi connectivity index (χ3v) is 4.91. The van der Waals surface area contributed by atoms with E-state index in [0.29, 0.717) is 38.5 Å². The summed E-state index contributed by atoms with van der Waals surface area (Å²) in [6.45, 7) is 3.49. The van der Waals surface area contributed by atoms with E-state index in [-0.39, 0.29) is 18.9 Å². The van der Waals surface area contributed by atoms with Gasteiger partial charge in [0.05, 0.1) is 5.92 Å². The van der Waals surface area contributed by atoms with Gasteiger partial charge in [0.15, 0.2) is 11.8 Å². The van der Waals surface area contributed by atoms with Crippen LogP contribution in [0, 0.1) is 12.8 Å². The molecule has 0 atom stereocenters. The summed E-state index contributed by atoms with van der Waals surface area (Å²) in [5, 5.41) is 14.6. The van der Waals surface area contributed by atoms with Crippen LogP contribution in [0.2, 0.25) is 0 Å². The van der Waals surface area contributed by atoms with Crippen LogP contribution in [0.25, 0.3) is 0 Å². The van der Waals surface area contributed by atoms with E-state index in [1.807, 2.05) is 18.5 Å². The first kappa shape index (κ1) is 21.5. The van der Waals surface area contributed by atoms with Crippen LogP contribution in [0.5, 0.6) is 0 Å². The standard InChI is InChI=1S/C17H29F3N6O/c1-12-24-25-15(26(12)2)11-22-16(21-9-4-10-27-3)23-14-7-5-13(6-8-14)17(18,19)20/h13-14H,4-11H2,1-3H3,(H2,21,22,23). The normalized spacial score (nSPS) is 21.3. The molecular weight excluding hydrogens is 361 g/mol. The van der Waals surface area contributed by atoms with Crippen molar-refractivity contribution in [2.75, 3.05) is 20.3 Å². The van der Waals surface area contributed by atoms with Crippen molar-refractivity contribution in [2.45, 2.75) is 57.8 Å². The highest BCUT2D eigenvalue weighted by Crippen LogP contribution is 2.37. The highest BCUT2D eigenvalue weighted by Gasteiger charge is 2.41. The maximum Gasteiger partial charge on any atom is 0.391 e. The van der Waals surface area contributed by atoms with Gasteiger partial charge in [-0.1, -0.05) is 0 Å². The molecule has 0 saturated heterocycles. The molecule has 0 aliphatic heterocycles. The van der Waals surface area contributed by atoms with Gasteiger partial charge in [0.1, 0.15) is 12.4 Å².